The lowest BCUT2D eigenvalue weighted by atomic mass is 9.72. The fourth-order valence-corrected chi connectivity index (χ4v) is 2.92. The van der Waals surface area contributed by atoms with Crippen LogP contribution in [-0.2, 0) is 4.74 Å². The van der Waals surface area contributed by atoms with Gasteiger partial charge in [-0.3, -0.25) is 0 Å². The Morgan fingerprint density at radius 1 is 1.40 bits per heavy atom. The Morgan fingerprint density at radius 3 is 2.85 bits per heavy atom. The number of anilines is 1. The number of hydrogen-bond donors (Lipinski definition) is 3. The summed E-state index contributed by atoms with van der Waals surface area (Å²) in [6.07, 6.45) is 1.07. The summed E-state index contributed by atoms with van der Waals surface area (Å²) in [4.78, 5) is 11.9. The molecule has 1 aromatic rings. The number of ether oxygens (including phenoxy) is 2. The van der Waals surface area contributed by atoms with E-state index in [1.165, 1.54) is 0 Å². The van der Waals surface area contributed by atoms with Gasteiger partial charge in [-0.25, -0.2) is 4.79 Å². The van der Waals surface area contributed by atoms with Crippen molar-refractivity contribution in [1.82, 2.24) is 5.32 Å². The second-order valence-electron chi connectivity index (χ2n) is 5.22. The highest BCUT2D eigenvalue weighted by molar-refractivity contribution is 5.89. The minimum Gasteiger partial charge on any atom is -0.497 e. The minimum absolute atomic E-state index is 0.0101. The normalized spacial score (nSPS) is 31.1. The van der Waals surface area contributed by atoms with Gasteiger partial charge in [-0.05, 0) is 30.7 Å². The average molecular weight is 277 g/mol. The standard InChI is InChI=1S/C14H19N3O3/c1-19-9-4-2-8(3-5-9)16-14(18)17-12-11(15)10-6-7-20-13(10)12/h2-5,10-13H,6-7,15H2,1H3,(H2,16,17,18). The number of amides is 2. The zero-order valence-electron chi connectivity index (χ0n) is 11.3. The molecule has 2 amide bonds. The topological polar surface area (TPSA) is 85.6 Å². The van der Waals surface area contributed by atoms with E-state index < -0.39 is 0 Å². The van der Waals surface area contributed by atoms with Gasteiger partial charge in [0.2, 0.25) is 0 Å². The summed E-state index contributed by atoms with van der Waals surface area (Å²) in [7, 11) is 1.60. The van der Waals surface area contributed by atoms with E-state index in [1.54, 1.807) is 31.4 Å². The van der Waals surface area contributed by atoms with Crippen LogP contribution in [0.15, 0.2) is 24.3 Å². The molecule has 2 fully saturated rings. The van der Waals surface area contributed by atoms with Crippen molar-refractivity contribution in [3.63, 3.8) is 0 Å². The molecule has 1 aliphatic carbocycles. The maximum Gasteiger partial charge on any atom is 0.319 e. The van der Waals surface area contributed by atoms with Gasteiger partial charge in [-0.2, -0.15) is 0 Å². The summed E-state index contributed by atoms with van der Waals surface area (Å²) in [5.41, 5.74) is 6.76. The van der Waals surface area contributed by atoms with Gasteiger partial charge in [0.05, 0.1) is 19.3 Å². The van der Waals surface area contributed by atoms with Crippen LogP contribution >= 0.6 is 0 Å². The maximum absolute atomic E-state index is 11.9. The van der Waals surface area contributed by atoms with Crippen molar-refractivity contribution in [3.8, 4) is 5.75 Å². The summed E-state index contributed by atoms with van der Waals surface area (Å²) >= 11 is 0. The van der Waals surface area contributed by atoms with Crippen LogP contribution in [0.2, 0.25) is 0 Å². The molecule has 0 aromatic heterocycles. The van der Waals surface area contributed by atoms with Crippen molar-refractivity contribution in [3.05, 3.63) is 24.3 Å². The van der Waals surface area contributed by atoms with Gasteiger partial charge in [0.1, 0.15) is 5.75 Å². The second kappa shape index (κ2) is 5.30. The molecule has 2 aliphatic rings. The molecule has 1 aromatic carbocycles. The van der Waals surface area contributed by atoms with Crippen LogP contribution < -0.4 is 21.1 Å². The van der Waals surface area contributed by atoms with Crippen LogP contribution in [0.5, 0.6) is 5.75 Å². The van der Waals surface area contributed by atoms with Gasteiger partial charge >= 0.3 is 6.03 Å². The predicted octanol–water partition coefficient (Wildman–Crippen LogP) is 0.931. The molecule has 20 heavy (non-hydrogen) atoms. The highest BCUT2D eigenvalue weighted by Gasteiger charge is 2.52. The fraction of sp³-hybridized carbons (Fsp3) is 0.500. The Bertz CT molecular complexity index is 491. The molecule has 1 saturated heterocycles. The molecular weight excluding hydrogens is 258 g/mol. The summed E-state index contributed by atoms with van der Waals surface area (Å²) in [6.45, 7) is 0.737. The number of urea groups is 1. The van der Waals surface area contributed by atoms with Crippen LogP contribution in [0.1, 0.15) is 6.42 Å². The van der Waals surface area contributed by atoms with Crippen LogP contribution in [0, 0.1) is 5.92 Å². The molecule has 6 heteroatoms. The number of rotatable bonds is 3. The first kappa shape index (κ1) is 13.2. The molecule has 4 unspecified atom stereocenters. The number of hydrogen-bond acceptors (Lipinski definition) is 4. The van der Waals surface area contributed by atoms with E-state index in [4.69, 9.17) is 15.2 Å². The van der Waals surface area contributed by atoms with Crippen molar-refractivity contribution < 1.29 is 14.3 Å². The highest BCUT2D eigenvalue weighted by atomic mass is 16.5. The Labute approximate surface area is 117 Å². The van der Waals surface area contributed by atoms with Gasteiger partial charge in [0, 0.05) is 24.3 Å². The third-order valence-corrected chi connectivity index (χ3v) is 4.09. The zero-order valence-corrected chi connectivity index (χ0v) is 11.3. The fourth-order valence-electron chi connectivity index (χ4n) is 2.92. The lowest BCUT2D eigenvalue weighted by Gasteiger charge is -2.45. The van der Waals surface area contributed by atoms with E-state index in [9.17, 15) is 4.79 Å². The van der Waals surface area contributed by atoms with Crippen molar-refractivity contribution in [2.45, 2.75) is 24.6 Å². The summed E-state index contributed by atoms with van der Waals surface area (Å²) in [6, 6.07) is 6.79. The Hall–Kier alpha value is -1.79. The van der Waals surface area contributed by atoms with E-state index in [-0.39, 0.29) is 24.2 Å². The maximum atomic E-state index is 11.9. The molecule has 0 spiro atoms. The number of carbonyl (C=O) groups is 1. The van der Waals surface area contributed by atoms with E-state index in [0.29, 0.717) is 11.6 Å². The summed E-state index contributed by atoms with van der Waals surface area (Å²) in [5.74, 6) is 1.14. The average Bonchev–Trinajstić information content (AvgIpc) is 2.90. The van der Waals surface area contributed by atoms with E-state index in [1.807, 2.05) is 0 Å². The highest BCUT2D eigenvalue weighted by Crippen LogP contribution is 2.37. The molecule has 4 N–H and O–H groups in total. The lowest BCUT2D eigenvalue weighted by molar-refractivity contribution is -0.0128. The number of benzene rings is 1. The monoisotopic (exact) mass is 277 g/mol. The van der Waals surface area contributed by atoms with Crippen molar-refractivity contribution >= 4 is 11.7 Å². The summed E-state index contributed by atoms with van der Waals surface area (Å²) in [5, 5.41) is 5.66. The number of fused-ring (bicyclic) bond motifs is 1. The lowest BCUT2D eigenvalue weighted by Crippen LogP contribution is -2.69. The van der Waals surface area contributed by atoms with Crippen molar-refractivity contribution in [2.24, 2.45) is 11.7 Å². The molecule has 6 nitrogen and oxygen atoms in total. The number of carbonyl (C=O) groups excluding carboxylic acids is 1. The first-order valence-electron chi connectivity index (χ1n) is 6.78. The second-order valence-corrected chi connectivity index (χ2v) is 5.22. The Balaban J connectivity index is 1.54. The van der Waals surface area contributed by atoms with Gasteiger partial charge < -0.3 is 25.8 Å². The molecule has 0 bridgehead atoms. The number of methoxy groups -OCH3 is 1. The zero-order chi connectivity index (χ0) is 14.1. The first-order valence-corrected chi connectivity index (χ1v) is 6.78. The Kier molecular flexibility index (Phi) is 3.50. The SMILES string of the molecule is COc1ccc(NC(=O)NC2C(N)C3CCOC32)cc1. The smallest absolute Gasteiger partial charge is 0.319 e. The molecule has 1 heterocycles. The third kappa shape index (κ3) is 2.32. The number of nitrogens with one attached hydrogen (secondary N) is 2. The van der Waals surface area contributed by atoms with E-state index in [2.05, 4.69) is 10.6 Å². The number of nitrogens with two attached hydrogens (primary N) is 1. The van der Waals surface area contributed by atoms with Gasteiger partial charge in [0.25, 0.3) is 0 Å². The molecule has 0 radical (unpaired) electrons. The van der Waals surface area contributed by atoms with E-state index in [0.717, 1.165) is 18.8 Å². The van der Waals surface area contributed by atoms with Crippen molar-refractivity contribution in [2.75, 3.05) is 19.0 Å². The van der Waals surface area contributed by atoms with Crippen LogP contribution in [0.3, 0.4) is 0 Å². The first-order chi connectivity index (χ1) is 9.69. The van der Waals surface area contributed by atoms with Gasteiger partial charge in [-0.15, -0.1) is 0 Å². The largest absolute Gasteiger partial charge is 0.497 e. The Morgan fingerprint density at radius 2 is 2.15 bits per heavy atom. The quantitative estimate of drug-likeness (QED) is 0.767. The molecule has 4 atom stereocenters. The predicted molar refractivity (Wildman–Crippen MR) is 74.8 cm³/mol. The van der Waals surface area contributed by atoms with Gasteiger partial charge in [0.15, 0.2) is 0 Å². The molecule has 3 rings (SSSR count). The van der Waals surface area contributed by atoms with Crippen LogP contribution in [0.25, 0.3) is 0 Å². The molecular formula is C14H19N3O3. The molecule has 1 aliphatic heterocycles. The molecule has 108 valence electrons. The third-order valence-electron chi connectivity index (χ3n) is 4.09. The van der Waals surface area contributed by atoms with Crippen molar-refractivity contribution in [1.29, 1.82) is 0 Å². The van der Waals surface area contributed by atoms with E-state index >= 15 is 0 Å². The van der Waals surface area contributed by atoms with Crippen LogP contribution in [0.4, 0.5) is 10.5 Å². The van der Waals surface area contributed by atoms with Gasteiger partial charge in [-0.1, -0.05) is 0 Å². The summed E-state index contributed by atoms with van der Waals surface area (Å²) < 4.78 is 10.6. The molecule has 1 saturated carbocycles. The minimum atomic E-state index is -0.260. The van der Waals surface area contributed by atoms with Crippen LogP contribution in [-0.4, -0.2) is 37.9 Å².